The Balaban J connectivity index is 2.27. The lowest BCUT2D eigenvalue weighted by atomic mass is 9.89. The first-order valence-electron chi connectivity index (χ1n) is 18.4. The van der Waals surface area contributed by atoms with Gasteiger partial charge >= 0.3 is 0 Å². The second-order valence-corrected chi connectivity index (χ2v) is 14.5. The lowest BCUT2D eigenvalue weighted by molar-refractivity contribution is -0.147. The minimum absolute atomic E-state index is 0.0142. The second-order valence-electron chi connectivity index (χ2n) is 14.5. The molecule has 15 heteroatoms. The van der Waals surface area contributed by atoms with E-state index in [1.165, 1.54) is 12.0 Å². The third-order valence-electron chi connectivity index (χ3n) is 10.4. The summed E-state index contributed by atoms with van der Waals surface area (Å²) in [4.78, 5) is 67.4. The normalized spacial score (nSPS) is 19.1. The van der Waals surface area contributed by atoms with Gasteiger partial charge in [0.15, 0.2) is 0 Å². The van der Waals surface area contributed by atoms with Gasteiger partial charge in [-0.3, -0.25) is 29.1 Å². The van der Waals surface area contributed by atoms with Crippen molar-refractivity contribution in [1.82, 2.24) is 30.3 Å². The zero-order chi connectivity index (χ0) is 39.1. The molecule has 9 atom stereocenters. The maximum Gasteiger partial charge on any atom is 0.245 e. The van der Waals surface area contributed by atoms with Crippen molar-refractivity contribution in [3.63, 3.8) is 0 Å². The Morgan fingerprint density at radius 3 is 2.31 bits per heavy atom. The summed E-state index contributed by atoms with van der Waals surface area (Å²) in [6, 6.07) is 2.26. The van der Waals surface area contributed by atoms with Gasteiger partial charge in [0.25, 0.3) is 0 Å². The smallest absolute Gasteiger partial charge is 0.245 e. The van der Waals surface area contributed by atoms with Gasteiger partial charge in [0, 0.05) is 57.6 Å². The first-order valence-corrected chi connectivity index (χ1v) is 18.4. The van der Waals surface area contributed by atoms with Crippen LogP contribution in [0.15, 0.2) is 29.5 Å². The number of azide groups is 1. The molecule has 52 heavy (non-hydrogen) atoms. The van der Waals surface area contributed by atoms with Gasteiger partial charge in [0.1, 0.15) is 6.04 Å². The number of rotatable bonds is 21. The quantitative estimate of drug-likeness (QED) is 0.110. The van der Waals surface area contributed by atoms with Crippen molar-refractivity contribution in [2.75, 3.05) is 48.5 Å². The molecule has 0 unspecified atom stereocenters. The van der Waals surface area contributed by atoms with Gasteiger partial charge in [-0.2, -0.15) is 0 Å². The highest BCUT2D eigenvalue weighted by Crippen LogP contribution is 2.29. The summed E-state index contributed by atoms with van der Waals surface area (Å²) in [6.45, 7) is 12.2. The highest BCUT2D eigenvalue weighted by Gasteiger charge is 2.43. The van der Waals surface area contributed by atoms with Crippen LogP contribution in [0, 0.1) is 17.8 Å². The van der Waals surface area contributed by atoms with Crippen LogP contribution in [0.25, 0.3) is 10.4 Å². The van der Waals surface area contributed by atoms with Gasteiger partial charge in [-0.05, 0) is 56.4 Å². The van der Waals surface area contributed by atoms with Crippen LogP contribution in [0.5, 0.6) is 0 Å². The molecule has 1 aromatic heterocycles. The number of hydrogen-bond donors (Lipinski definition) is 2. The van der Waals surface area contributed by atoms with Crippen molar-refractivity contribution in [3.05, 3.63) is 40.5 Å². The fourth-order valence-electron chi connectivity index (χ4n) is 7.46. The average Bonchev–Trinajstić information content (AvgIpc) is 3.59. The molecule has 1 aliphatic heterocycles. The van der Waals surface area contributed by atoms with Crippen LogP contribution >= 0.6 is 0 Å². The molecular formula is C37H63N9O6. The highest BCUT2D eigenvalue weighted by atomic mass is 16.5. The number of aromatic nitrogens is 1. The molecule has 0 spiro atoms. The topological polar surface area (TPSA) is 182 Å². The Kier molecular flexibility index (Phi) is 18.5. The molecule has 1 aromatic rings. The molecule has 15 nitrogen and oxygen atoms in total. The van der Waals surface area contributed by atoms with Crippen molar-refractivity contribution in [1.29, 1.82) is 0 Å². The number of hydrogen-bond acceptors (Lipinski definition) is 9. The third-order valence-corrected chi connectivity index (χ3v) is 10.4. The van der Waals surface area contributed by atoms with Crippen molar-refractivity contribution in [3.8, 4) is 0 Å². The lowest BCUT2D eigenvalue weighted by Crippen LogP contribution is -2.60. The molecule has 1 saturated heterocycles. The SMILES string of the molecule is CC[C@H](C)[C@@H]([C@@H](CC(=O)N1CCC[C@H]1[C@H](OC)[C@@H](C)C(=O)NCCc1ccccn1)OC)N(C)C(=O)[C@@H](NC(=O)[C@H](C(C)C)N(C)C)[C@H](C)N=[N+]=[N-]. The van der Waals surface area contributed by atoms with Gasteiger partial charge < -0.3 is 29.9 Å². The summed E-state index contributed by atoms with van der Waals surface area (Å²) < 4.78 is 11.9. The van der Waals surface area contributed by atoms with Crippen LogP contribution in [-0.2, 0) is 35.1 Å². The molecule has 1 fully saturated rings. The van der Waals surface area contributed by atoms with Crippen molar-refractivity contribution in [2.24, 2.45) is 22.9 Å². The second kappa shape index (κ2) is 21.7. The molecule has 2 rings (SSSR count). The third kappa shape index (κ3) is 11.9. The Bertz CT molecular complexity index is 1330. The molecule has 2 N–H and O–H groups in total. The van der Waals surface area contributed by atoms with Crippen molar-refractivity contribution < 1.29 is 28.7 Å². The summed E-state index contributed by atoms with van der Waals surface area (Å²) in [5.74, 6) is -1.78. The van der Waals surface area contributed by atoms with Crippen LogP contribution in [0.3, 0.4) is 0 Å². The molecule has 292 valence electrons. The van der Waals surface area contributed by atoms with E-state index in [4.69, 9.17) is 9.47 Å². The maximum atomic E-state index is 14.3. The number of methoxy groups -OCH3 is 2. The van der Waals surface area contributed by atoms with Crippen LogP contribution in [-0.4, -0.2) is 134 Å². The molecule has 0 aromatic carbocycles. The molecule has 1 aliphatic rings. The fraction of sp³-hybridized carbons (Fsp3) is 0.757. The standard InChI is InChI=1S/C37H63N9O6/c1-12-24(4)33(45(9)37(50)31(26(6)42-43-38)41-36(49)32(23(2)3)44(7)8)29(51-10)22-30(47)46-21-15-17-28(46)34(52-11)25(5)35(48)40-20-18-27-16-13-14-19-39-27/h13-14,16,19,23-26,28-29,31-34H,12,15,17-18,20-22H2,1-11H3,(H,40,48)(H,41,49)/t24-,25+,26-,28-,29+,31-,32-,33-,34+/m0/s1. The number of nitrogens with zero attached hydrogens (tertiary/aromatic N) is 7. The van der Waals surface area contributed by atoms with Crippen molar-refractivity contribution in [2.45, 2.75) is 116 Å². The Labute approximate surface area is 310 Å². The van der Waals surface area contributed by atoms with E-state index in [1.54, 1.807) is 51.2 Å². The number of amides is 4. The first-order chi connectivity index (χ1) is 24.6. The van der Waals surface area contributed by atoms with Gasteiger partial charge in [-0.15, -0.1) is 0 Å². The summed E-state index contributed by atoms with van der Waals surface area (Å²) in [5.41, 5.74) is 10.1. The van der Waals surface area contributed by atoms with Gasteiger partial charge in [-0.25, -0.2) is 0 Å². The number of carbonyl (C=O) groups is 4. The number of likely N-dealkylation sites (N-methyl/N-ethyl adjacent to an activating group) is 2. The molecule has 0 radical (unpaired) electrons. The number of carbonyl (C=O) groups excluding carboxylic acids is 4. The van der Waals surface area contributed by atoms with Crippen LogP contribution < -0.4 is 10.6 Å². The largest absolute Gasteiger partial charge is 0.379 e. The predicted molar refractivity (Wildman–Crippen MR) is 200 cm³/mol. The van der Waals surface area contributed by atoms with Crippen LogP contribution in [0.2, 0.25) is 0 Å². The summed E-state index contributed by atoms with van der Waals surface area (Å²) in [7, 11) is 8.31. The Morgan fingerprint density at radius 1 is 1.08 bits per heavy atom. The molecule has 0 aliphatic carbocycles. The minimum atomic E-state index is -1.14. The van der Waals surface area contributed by atoms with E-state index in [1.807, 2.05) is 52.8 Å². The number of pyridine rings is 1. The fourth-order valence-corrected chi connectivity index (χ4v) is 7.46. The van der Waals surface area contributed by atoms with Gasteiger partial charge in [-0.1, -0.05) is 59.1 Å². The monoisotopic (exact) mass is 729 g/mol. The van der Waals surface area contributed by atoms with E-state index in [0.29, 0.717) is 32.4 Å². The number of nitrogens with one attached hydrogen (secondary N) is 2. The highest BCUT2D eigenvalue weighted by molar-refractivity contribution is 5.90. The zero-order valence-corrected chi connectivity index (χ0v) is 33.1. The minimum Gasteiger partial charge on any atom is -0.379 e. The predicted octanol–water partition coefficient (Wildman–Crippen LogP) is 3.43. The van der Waals surface area contributed by atoms with Crippen molar-refractivity contribution >= 4 is 23.6 Å². The molecule has 0 bridgehead atoms. The van der Waals surface area contributed by atoms with Crippen LogP contribution in [0.4, 0.5) is 0 Å². The first kappa shape index (κ1) is 44.4. The summed E-state index contributed by atoms with van der Waals surface area (Å²) in [6.07, 6.45) is 3.22. The maximum absolute atomic E-state index is 14.3. The van der Waals surface area contributed by atoms with E-state index in [-0.39, 0.29) is 42.0 Å². The van der Waals surface area contributed by atoms with E-state index < -0.39 is 48.2 Å². The molecule has 0 saturated carbocycles. The van der Waals surface area contributed by atoms with Gasteiger partial charge in [0.05, 0.1) is 48.7 Å². The number of likely N-dealkylation sites (tertiary alicyclic amines) is 1. The Morgan fingerprint density at radius 2 is 1.77 bits per heavy atom. The van der Waals surface area contributed by atoms with Crippen LogP contribution in [0.1, 0.15) is 72.9 Å². The number of ether oxygens (including phenoxy) is 2. The van der Waals surface area contributed by atoms with E-state index >= 15 is 0 Å². The summed E-state index contributed by atoms with van der Waals surface area (Å²) in [5, 5.41) is 9.63. The average molecular weight is 730 g/mol. The summed E-state index contributed by atoms with van der Waals surface area (Å²) >= 11 is 0. The Hall–Kier alpha value is -3.78. The van der Waals surface area contributed by atoms with E-state index in [2.05, 4.69) is 25.6 Å². The molecule has 2 heterocycles. The lowest BCUT2D eigenvalue weighted by Gasteiger charge is -2.41. The molecule has 4 amide bonds. The van der Waals surface area contributed by atoms with E-state index in [0.717, 1.165) is 12.1 Å². The molecular weight excluding hydrogens is 666 g/mol. The van der Waals surface area contributed by atoms with Gasteiger partial charge in [0.2, 0.25) is 23.6 Å². The van der Waals surface area contributed by atoms with E-state index in [9.17, 15) is 24.7 Å². The zero-order valence-electron chi connectivity index (χ0n) is 33.1.